The standard InChI is InChI=1S/C16H21FN2O3/c1-9(8-20)11(3)19-16(21)18-7-15-10(2)13-6-12(17)4-5-14(13)22-15/h4-6,9,11,20H,7-8H2,1-3H3,(H2,18,19,21). The molecule has 0 radical (unpaired) electrons. The quantitative estimate of drug-likeness (QED) is 0.795. The van der Waals surface area contributed by atoms with E-state index in [1.54, 1.807) is 6.07 Å². The van der Waals surface area contributed by atoms with E-state index in [0.717, 1.165) is 5.56 Å². The number of fused-ring (bicyclic) bond motifs is 1. The minimum atomic E-state index is -0.334. The number of carbonyl (C=O) groups is 1. The summed E-state index contributed by atoms with van der Waals surface area (Å²) in [6.45, 7) is 5.74. The van der Waals surface area contributed by atoms with Crippen LogP contribution in [0.3, 0.4) is 0 Å². The maximum Gasteiger partial charge on any atom is 0.315 e. The smallest absolute Gasteiger partial charge is 0.315 e. The number of aliphatic hydroxyl groups is 1. The summed E-state index contributed by atoms with van der Waals surface area (Å²) in [6, 6.07) is 3.86. The van der Waals surface area contributed by atoms with Crippen LogP contribution in [0.15, 0.2) is 22.6 Å². The van der Waals surface area contributed by atoms with Crippen molar-refractivity contribution in [1.29, 1.82) is 0 Å². The van der Waals surface area contributed by atoms with Gasteiger partial charge in [0.25, 0.3) is 0 Å². The number of furan rings is 1. The molecule has 2 amide bonds. The molecule has 5 nitrogen and oxygen atoms in total. The molecule has 0 saturated heterocycles. The first-order valence-electron chi connectivity index (χ1n) is 7.25. The number of aryl methyl sites for hydroxylation is 1. The van der Waals surface area contributed by atoms with E-state index in [1.807, 2.05) is 20.8 Å². The Kier molecular flexibility index (Phi) is 5.03. The van der Waals surface area contributed by atoms with Crippen LogP contribution in [0.5, 0.6) is 0 Å². The normalized spacial score (nSPS) is 13.9. The number of hydrogen-bond donors (Lipinski definition) is 3. The zero-order valence-corrected chi connectivity index (χ0v) is 12.9. The predicted octanol–water partition coefficient (Wildman–Crippen LogP) is 2.70. The van der Waals surface area contributed by atoms with Crippen molar-refractivity contribution < 1.29 is 18.7 Å². The van der Waals surface area contributed by atoms with Crippen LogP contribution in [-0.2, 0) is 6.54 Å². The first-order chi connectivity index (χ1) is 10.4. The number of benzene rings is 1. The number of carbonyl (C=O) groups excluding carboxylic acids is 1. The summed E-state index contributed by atoms with van der Waals surface area (Å²) < 4.78 is 18.9. The van der Waals surface area contributed by atoms with Gasteiger partial charge in [0.2, 0.25) is 0 Å². The van der Waals surface area contributed by atoms with Crippen molar-refractivity contribution in [2.75, 3.05) is 6.61 Å². The Bertz CT molecular complexity index is 669. The van der Waals surface area contributed by atoms with Gasteiger partial charge in [0, 0.05) is 23.6 Å². The third-order valence-corrected chi connectivity index (χ3v) is 3.91. The first-order valence-corrected chi connectivity index (χ1v) is 7.25. The molecule has 0 aliphatic rings. The average molecular weight is 308 g/mol. The molecule has 0 bridgehead atoms. The van der Waals surface area contributed by atoms with Crippen molar-refractivity contribution in [1.82, 2.24) is 10.6 Å². The van der Waals surface area contributed by atoms with Crippen molar-refractivity contribution >= 4 is 17.0 Å². The van der Waals surface area contributed by atoms with Crippen molar-refractivity contribution in [3.63, 3.8) is 0 Å². The van der Waals surface area contributed by atoms with Gasteiger partial charge >= 0.3 is 6.03 Å². The van der Waals surface area contributed by atoms with Crippen LogP contribution in [0.1, 0.15) is 25.2 Å². The Labute approximate surface area is 128 Å². The second-order valence-corrected chi connectivity index (χ2v) is 5.57. The highest BCUT2D eigenvalue weighted by atomic mass is 19.1. The summed E-state index contributed by atoms with van der Waals surface area (Å²) in [4.78, 5) is 11.8. The number of nitrogens with one attached hydrogen (secondary N) is 2. The molecule has 22 heavy (non-hydrogen) atoms. The number of aliphatic hydroxyl groups excluding tert-OH is 1. The molecule has 0 fully saturated rings. The molecule has 1 heterocycles. The van der Waals surface area contributed by atoms with Gasteiger partial charge in [-0.1, -0.05) is 6.92 Å². The Hall–Kier alpha value is -2.08. The molecule has 2 aromatic rings. The molecule has 2 atom stereocenters. The second-order valence-electron chi connectivity index (χ2n) is 5.57. The second kappa shape index (κ2) is 6.79. The van der Waals surface area contributed by atoms with Crippen LogP contribution in [0.4, 0.5) is 9.18 Å². The minimum Gasteiger partial charge on any atom is -0.459 e. The number of halogens is 1. The molecule has 2 rings (SSSR count). The van der Waals surface area contributed by atoms with Gasteiger partial charge < -0.3 is 20.2 Å². The molecule has 0 aliphatic carbocycles. The molecule has 3 N–H and O–H groups in total. The lowest BCUT2D eigenvalue weighted by Gasteiger charge is -2.19. The highest BCUT2D eigenvalue weighted by Crippen LogP contribution is 2.25. The molecule has 0 saturated carbocycles. The van der Waals surface area contributed by atoms with E-state index < -0.39 is 0 Å². The predicted molar refractivity (Wildman–Crippen MR) is 82.0 cm³/mol. The fourth-order valence-electron chi connectivity index (χ4n) is 2.13. The van der Waals surface area contributed by atoms with E-state index in [-0.39, 0.29) is 37.0 Å². The molecule has 0 aliphatic heterocycles. The number of hydrogen-bond acceptors (Lipinski definition) is 3. The van der Waals surface area contributed by atoms with Crippen LogP contribution in [0.25, 0.3) is 11.0 Å². The van der Waals surface area contributed by atoms with Crippen LogP contribution in [0, 0.1) is 18.7 Å². The third-order valence-electron chi connectivity index (χ3n) is 3.91. The highest BCUT2D eigenvalue weighted by molar-refractivity contribution is 5.82. The molecule has 6 heteroatoms. The van der Waals surface area contributed by atoms with E-state index in [2.05, 4.69) is 10.6 Å². The maximum atomic E-state index is 13.3. The third kappa shape index (κ3) is 3.57. The van der Waals surface area contributed by atoms with E-state index in [9.17, 15) is 9.18 Å². The zero-order chi connectivity index (χ0) is 16.3. The van der Waals surface area contributed by atoms with Gasteiger partial charge in [-0.2, -0.15) is 0 Å². The number of rotatable bonds is 5. The van der Waals surface area contributed by atoms with Gasteiger partial charge in [0.05, 0.1) is 6.54 Å². The summed E-state index contributed by atoms with van der Waals surface area (Å²) >= 11 is 0. The molecular weight excluding hydrogens is 287 g/mol. The van der Waals surface area contributed by atoms with Crippen molar-refractivity contribution in [2.45, 2.75) is 33.4 Å². The van der Waals surface area contributed by atoms with Crippen molar-refractivity contribution in [3.05, 3.63) is 35.3 Å². The summed E-state index contributed by atoms with van der Waals surface area (Å²) in [5.74, 6) is 0.251. The van der Waals surface area contributed by atoms with Crippen LogP contribution in [-0.4, -0.2) is 23.8 Å². The van der Waals surface area contributed by atoms with Crippen molar-refractivity contribution in [2.24, 2.45) is 5.92 Å². The maximum absolute atomic E-state index is 13.3. The van der Waals surface area contributed by atoms with Gasteiger partial charge in [-0.15, -0.1) is 0 Å². The van der Waals surface area contributed by atoms with Crippen LogP contribution < -0.4 is 10.6 Å². The molecule has 0 spiro atoms. The van der Waals surface area contributed by atoms with Gasteiger partial charge in [0.1, 0.15) is 17.2 Å². The number of amides is 2. The summed E-state index contributed by atoms with van der Waals surface area (Å²) in [6.07, 6.45) is 0. The van der Waals surface area contributed by atoms with Gasteiger partial charge in [-0.3, -0.25) is 0 Å². The monoisotopic (exact) mass is 308 g/mol. The van der Waals surface area contributed by atoms with E-state index in [4.69, 9.17) is 9.52 Å². The number of urea groups is 1. The summed E-state index contributed by atoms with van der Waals surface area (Å²) in [5, 5.41) is 15.2. The highest BCUT2D eigenvalue weighted by Gasteiger charge is 2.15. The fourth-order valence-corrected chi connectivity index (χ4v) is 2.13. The van der Waals surface area contributed by atoms with Gasteiger partial charge in [0.15, 0.2) is 0 Å². The fraction of sp³-hybridized carbons (Fsp3) is 0.438. The van der Waals surface area contributed by atoms with Gasteiger partial charge in [-0.05, 0) is 38.0 Å². The Balaban J connectivity index is 2.00. The zero-order valence-electron chi connectivity index (χ0n) is 12.9. The van der Waals surface area contributed by atoms with E-state index in [1.165, 1.54) is 12.1 Å². The van der Waals surface area contributed by atoms with Gasteiger partial charge in [-0.25, -0.2) is 9.18 Å². The van der Waals surface area contributed by atoms with Crippen LogP contribution in [0.2, 0.25) is 0 Å². The molecule has 120 valence electrons. The lowest BCUT2D eigenvalue weighted by atomic mass is 10.1. The molecule has 2 unspecified atom stereocenters. The molecule has 1 aromatic heterocycles. The topological polar surface area (TPSA) is 74.5 Å². The Morgan fingerprint density at radius 3 is 2.82 bits per heavy atom. The Morgan fingerprint density at radius 2 is 2.14 bits per heavy atom. The lowest BCUT2D eigenvalue weighted by molar-refractivity contribution is 0.200. The lowest BCUT2D eigenvalue weighted by Crippen LogP contribution is -2.43. The van der Waals surface area contributed by atoms with Crippen molar-refractivity contribution in [3.8, 4) is 0 Å². The average Bonchev–Trinajstić information content (AvgIpc) is 2.80. The van der Waals surface area contributed by atoms with E-state index in [0.29, 0.717) is 16.7 Å². The van der Waals surface area contributed by atoms with E-state index >= 15 is 0 Å². The first kappa shape index (κ1) is 16.3. The minimum absolute atomic E-state index is 0.00962. The molecule has 1 aromatic carbocycles. The summed E-state index contributed by atoms with van der Waals surface area (Å²) in [5.41, 5.74) is 1.41. The SMILES string of the molecule is Cc1c(CNC(=O)NC(C)C(C)CO)oc2ccc(F)cc12. The Morgan fingerprint density at radius 1 is 1.41 bits per heavy atom. The molecular formula is C16H21FN2O3. The largest absolute Gasteiger partial charge is 0.459 e. The summed E-state index contributed by atoms with van der Waals surface area (Å²) in [7, 11) is 0. The van der Waals surface area contributed by atoms with Crippen LogP contribution >= 0.6 is 0 Å².